The molecule has 0 saturated carbocycles. The lowest BCUT2D eigenvalue weighted by Crippen LogP contribution is -2.27. The zero-order valence-corrected chi connectivity index (χ0v) is 13.0. The molecule has 2 atom stereocenters. The molecule has 0 fully saturated rings. The molecule has 0 bridgehead atoms. The molecule has 0 radical (unpaired) electrons. The molecule has 1 rings (SSSR count). The van der Waals surface area contributed by atoms with E-state index in [0.29, 0.717) is 12.0 Å². The van der Waals surface area contributed by atoms with Gasteiger partial charge in [-0.2, -0.15) is 0 Å². The Labute approximate surface area is 114 Å². The van der Waals surface area contributed by atoms with Crippen molar-refractivity contribution in [2.75, 3.05) is 6.54 Å². The third kappa shape index (κ3) is 4.11. The van der Waals surface area contributed by atoms with Crippen molar-refractivity contribution < 1.29 is 0 Å². The highest BCUT2D eigenvalue weighted by Gasteiger charge is 2.19. The summed E-state index contributed by atoms with van der Waals surface area (Å²) in [4.78, 5) is 0. The van der Waals surface area contributed by atoms with Crippen molar-refractivity contribution in [2.24, 2.45) is 5.92 Å². The Morgan fingerprint density at radius 1 is 1.29 bits per heavy atom. The van der Waals surface area contributed by atoms with E-state index < -0.39 is 0 Å². The van der Waals surface area contributed by atoms with Crippen molar-refractivity contribution in [3.8, 4) is 0 Å². The highest BCUT2D eigenvalue weighted by molar-refractivity contribution is 9.10. The molecule has 1 nitrogen and oxygen atoms in total. The molecule has 0 aliphatic carbocycles. The van der Waals surface area contributed by atoms with Gasteiger partial charge in [0.05, 0.1) is 0 Å². The van der Waals surface area contributed by atoms with Crippen molar-refractivity contribution in [2.45, 2.75) is 46.6 Å². The van der Waals surface area contributed by atoms with E-state index >= 15 is 0 Å². The van der Waals surface area contributed by atoms with Crippen LogP contribution in [-0.2, 0) is 0 Å². The molecule has 0 amide bonds. The Hall–Kier alpha value is -0.340. The van der Waals surface area contributed by atoms with Crippen LogP contribution in [0.2, 0.25) is 0 Å². The quantitative estimate of drug-likeness (QED) is 0.792. The van der Waals surface area contributed by atoms with Gasteiger partial charge in [0.15, 0.2) is 0 Å². The fourth-order valence-electron chi connectivity index (χ4n) is 2.36. The molecule has 0 heterocycles. The van der Waals surface area contributed by atoms with E-state index in [9.17, 15) is 0 Å². The second-order valence-electron chi connectivity index (χ2n) is 4.83. The van der Waals surface area contributed by atoms with Gasteiger partial charge in [0.2, 0.25) is 0 Å². The topological polar surface area (TPSA) is 12.0 Å². The standard InChI is InChI=1S/C15H24BrN/c1-5-7-12(4)15(17-6-2)13-10-11(3)8-9-14(13)16/h8-10,12,15,17H,5-7H2,1-4H3. The highest BCUT2D eigenvalue weighted by Crippen LogP contribution is 2.31. The summed E-state index contributed by atoms with van der Waals surface area (Å²) in [5, 5.41) is 3.62. The average molecular weight is 298 g/mol. The Morgan fingerprint density at radius 2 is 2.00 bits per heavy atom. The third-order valence-corrected chi connectivity index (χ3v) is 3.95. The van der Waals surface area contributed by atoms with Gasteiger partial charge in [-0.1, -0.05) is 60.8 Å². The first kappa shape index (κ1) is 14.7. The summed E-state index contributed by atoms with van der Waals surface area (Å²) < 4.78 is 1.22. The molecule has 2 heteroatoms. The molecule has 1 aromatic carbocycles. The number of benzene rings is 1. The first-order chi connectivity index (χ1) is 8.10. The summed E-state index contributed by atoms with van der Waals surface area (Å²) >= 11 is 3.68. The number of halogens is 1. The SMILES string of the molecule is CCCC(C)C(NCC)c1cc(C)ccc1Br. The minimum absolute atomic E-state index is 0.453. The van der Waals surface area contributed by atoms with Gasteiger partial charge >= 0.3 is 0 Å². The molecule has 0 saturated heterocycles. The van der Waals surface area contributed by atoms with Crippen LogP contribution < -0.4 is 5.32 Å². The van der Waals surface area contributed by atoms with Gasteiger partial charge in [0.1, 0.15) is 0 Å². The van der Waals surface area contributed by atoms with Gasteiger partial charge in [0, 0.05) is 10.5 Å². The molecule has 0 aromatic heterocycles. The van der Waals surface area contributed by atoms with Crippen molar-refractivity contribution >= 4 is 15.9 Å². The smallest absolute Gasteiger partial charge is 0.0357 e. The monoisotopic (exact) mass is 297 g/mol. The summed E-state index contributed by atoms with van der Waals surface area (Å²) in [5.41, 5.74) is 2.72. The Bertz CT molecular complexity index is 349. The summed E-state index contributed by atoms with van der Waals surface area (Å²) in [7, 11) is 0. The lowest BCUT2D eigenvalue weighted by atomic mass is 9.90. The van der Waals surface area contributed by atoms with Gasteiger partial charge in [-0.3, -0.25) is 0 Å². The van der Waals surface area contributed by atoms with Gasteiger partial charge in [-0.05, 0) is 37.4 Å². The highest BCUT2D eigenvalue weighted by atomic mass is 79.9. The van der Waals surface area contributed by atoms with Gasteiger partial charge in [-0.15, -0.1) is 0 Å². The second-order valence-corrected chi connectivity index (χ2v) is 5.68. The molecule has 17 heavy (non-hydrogen) atoms. The molecule has 1 N–H and O–H groups in total. The van der Waals surface area contributed by atoms with Gasteiger partial charge in [0.25, 0.3) is 0 Å². The molecule has 96 valence electrons. The molecular weight excluding hydrogens is 274 g/mol. The lowest BCUT2D eigenvalue weighted by molar-refractivity contribution is 0.368. The summed E-state index contributed by atoms with van der Waals surface area (Å²) in [6.07, 6.45) is 2.50. The number of nitrogens with one attached hydrogen (secondary N) is 1. The molecule has 1 aromatic rings. The van der Waals surface area contributed by atoms with Crippen LogP contribution in [0.25, 0.3) is 0 Å². The van der Waals surface area contributed by atoms with Crippen LogP contribution in [0.3, 0.4) is 0 Å². The fraction of sp³-hybridized carbons (Fsp3) is 0.600. The van der Waals surface area contributed by atoms with E-state index in [-0.39, 0.29) is 0 Å². The van der Waals surface area contributed by atoms with Crippen LogP contribution in [0.5, 0.6) is 0 Å². The maximum absolute atomic E-state index is 3.68. The predicted molar refractivity (Wildman–Crippen MR) is 79.4 cm³/mol. The molecule has 2 unspecified atom stereocenters. The van der Waals surface area contributed by atoms with E-state index in [0.717, 1.165) is 6.54 Å². The van der Waals surface area contributed by atoms with Crippen LogP contribution >= 0.6 is 15.9 Å². The second kappa shape index (κ2) is 7.17. The van der Waals surface area contributed by atoms with Crippen LogP contribution in [0.15, 0.2) is 22.7 Å². The Morgan fingerprint density at radius 3 is 2.59 bits per heavy atom. The molecular formula is C15H24BrN. The first-order valence-electron chi connectivity index (χ1n) is 6.59. The molecule has 0 spiro atoms. The Balaban J connectivity index is 2.99. The van der Waals surface area contributed by atoms with Crippen LogP contribution in [-0.4, -0.2) is 6.54 Å². The zero-order chi connectivity index (χ0) is 12.8. The third-order valence-electron chi connectivity index (χ3n) is 3.22. The van der Waals surface area contributed by atoms with E-state index in [2.05, 4.69) is 67.1 Å². The minimum atomic E-state index is 0.453. The zero-order valence-electron chi connectivity index (χ0n) is 11.4. The van der Waals surface area contributed by atoms with Crippen molar-refractivity contribution in [1.82, 2.24) is 5.32 Å². The van der Waals surface area contributed by atoms with Crippen molar-refractivity contribution in [3.05, 3.63) is 33.8 Å². The maximum Gasteiger partial charge on any atom is 0.0357 e. The average Bonchev–Trinajstić information content (AvgIpc) is 2.30. The van der Waals surface area contributed by atoms with Crippen molar-refractivity contribution in [3.63, 3.8) is 0 Å². The molecule has 0 aliphatic heterocycles. The number of hydrogen-bond donors (Lipinski definition) is 1. The van der Waals surface area contributed by atoms with Crippen molar-refractivity contribution in [1.29, 1.82) is 0 Å². The number of hydrogen-bond acceptors (Lipinski definition) is 1. The maximum atomic E-state index is 3.68. The van der Waals surface area contributed by atoms with E-state index in [1.165, 1.54) is 28.4 Å². The number of rotatable bonds is 6. The predicted octanol–water partition coefficient (Wildman–Crippen LogP) is 4.84. The Kier molecular flexibility index (Phi) is 6.21. The van der Waals surface area contributed by atoms with Crippen LogP contribution in [0, 0.1) is 12.8 Å². The normalized spacial score (nSPS) is 14.6. The van der Waals surface area contributed by atoms with Crippen LogP contribution in [0.1, 0.15) is 50.8 Å². The number of aryl methyl sites for hydroxylation is 1. The van der Waals surface area contributed by atoms with E-state index in [4.69, 9.17) is 0 Å². The summed E-state index contributed by atoms with van der Waals surface area (Å²) in [5.74, 6) is 0.665. The van der Waals surface area contributed by atoms with E-state index in [1.807, 2.05) is 0 Å². The first-order valence-corrected chi connectivity index (χ1v) is 7.38. The minimum Gasteiger partial charge on any atom is -0.310 e. The van der Waals surface area contributed by atoms with E-state index in [1.54, 1.807) is 0 Å². The fourth-order valence-corrected chi connectivity index (χ4v) is 2.85. The lowest BCUT2D eigenvalue weighted by Gasteiger charge is -2.26. The van der Waals surface area contributed by atoms with Gasteiger partial charge in [-0.25, -0.2) is 0 Å². The molecule has 0 aliphatic rings. The van der Waals surface area contributed by atoms with Gasteiger partial charge < -0.3 is 5.32 Å². The summed E-state index contributed by atoms with van der Waals surface area (Å²) in [6.45, 7) is 9.94. The largest absolute Gasteiger partial charge is 0.310 e. The summed E-state index contributed by atoms with van der Waals surface area (Å²) in [6, 6.07) is 7.06. The van der Waals surface area contributed by atoms with Crippen LogP contribution in [0.4, 0.5) is 0 Å².